The zero-order valence-corrected chi connectivity index (χ0v) is 11.1. The van der Waals surface area contributed by atoms with Crippen molar-refractivity contribution in [3.8, 4) is 0 Å². The lowest BCUT2D eigenvalue weighted by atomic mass is 10.0. The predicted octanol–water partition coefficient (Wildman–Crippen LogP) is 0.432. The van der Waals surface area contributed by atoms with Gasteiger partial charge in [-0.3, -0.25) is 0 Å². The van der Waals surface area contributed by atoms with Crippen molar-refractivity contribution in [2.24, 2.45) is 0 Å². The highest BCUT2D eigenvalue weighted by Gasteiger charge is 2.38. The van der Waals surface area contributed by atoms with E-state index < -0.39 is 24.6 Å². The van der Waals surface area contributed by atoms with E-state index in [9.17, 15) is 15.3 Å². The molecule has 0 bridgehead atoms. The minimum Gasteiger partial charge on any atom is -0.394 e. The van der Waals surface area contributed by atoms with Crippen LogP contribution < -0.4 is 0 Å². The fourth-order valence-corrected chi connectivity index (χ4v) is 2.12. The monoisotopic (exact) mass is 268 g/mol. The van der Waals surface area contributed by atoms with Crippen molar-refractivity contribution in [2.75, 3.05) is 13.2 Å². The maximum Gasteiger partial charge on any atom is 0.184 e. The fraction of sp³-hybridized carbons (Fsp3) is 0.571. The molecule has 1 saturated heterocycles. The molecule has 0 aliphatic carbocycles. The normalized spacial score (nSPS) is 31.4. The Labute approximate surface area is 112 Å². The maximum atomic E-state index is 9.82. The molecule has 2 unspecified atom stereocenters. The first kappa shape index (κ1) is 14.4. The van der Waals surface area contributed by atoms with Gasteiger partial charge in [0.1, 0.15) is 18.3 Å². The summed E-state index contributed by atoms with van der Waals surface area (Å²) in [5, 5.41) is 28.3. The highest BCUT2D eigenvalue weighted by Crippen LogP contribution is 2.30. The quantitative estimate of drug-likeness (QED) is 0.741. The van der Waals surface area contributed by atoms with E-state index in [1.807, 2.05) is 32.0 Å². The average Bonchev–Trinajstić information content (AvgIpc) is 2.42. The molecule has 106 valence electrons. The second-order valence-corrected chi connectivity index (χ2v) is 4.88. The SMILES string of the molecule is Cc1ccc(C2O[C@@H](CO)C(O)[C@@H](CO)O2)cc1C. The van der Waals surface area contributed by atoms with Gasteiger partial charge < -0.3 is 24.8 Å². The highest BCUT2D eigenvalue weighted by molar-refractivity contribution is 5.30. The van der Waals surface area contributed by atoms with Crippen LogP contribution in [0, 0.1) is 13.8 Å². The van der Waals surface area contributed by atoms with E-state index in [-0.39, 0.29) is 13.2 Å². The van der Waals surface area contributed by atoms with E-state index in [2.05, 4.69) is 0 Å². The van der Waals surface area contributed by atoms with Crippen LogP contribution in [0.5, 0.6) is 0 Å². The fourth-order valence-electron chi connectivity index (χ4n) is 2.12. The first-order valence-electron chi connectivity index (χ1n) is 6.34. The van der Waals surface area contributed by atoms with Crippen molar-refractivity contribution >= 4 is 0 Å². The molecule has 19 heavy (non-hydrogen) atoms. The number of hydrogen-bond donors (Lipinski definition) is 3. The molecule has 0 spiro atoms. The summed E-state index contributed by atoms with van der Waals surface area (Å²) in [4.78, 5) is 0. The van der Waals surface area contributed by atoms with Gasteiger partial charge in [0.15, 0.2) is 6.29 Å². The van der Waals surface area contributed by atoms with Crippen molar-refractivity contribution in [2.45, 2.75) is 38.4 Å². The molecule has 1 aromatic rings. The third-order valence-corrected chi connectivity index (χ3v) is 3.52. The minimum atomic E-state index is -1.03. The summed E-state index contributed by atoms with van der Waals surface area (Å²) < 4.78 is 11.1. The van der Waals surface area contributed by atoms with Crippen molar-refractivity contribution in [3.05, 3.63) is 34.9 Å². The molecule has 1 aliphatic heterocycles. The molecule has 2 rings (SSSR count). The zero-order chi connectivity index (χ0) is 14.0. The predicted molar refractivity (Wildman–Crippen MR) is 68.6 cm³/mol. The lowest BCUT2D eigenvalue weighted by Gasteiger charge is -2.38. The first-order chi connectivity index (χ1) is 9.06. The van der Waals surface area contributed by atoms with Gasteiger partial charge in [-0.2, -0.15) is 0 Å². The van der Waals surface area contributed by atoms with E-state index in [0.717, 1.165) is 16.7 Å². The standard InChI is InChI=1S/C14H20O5/c1-8-3-4-10(5-9(8)2)14-18-11(6-15)13(17)12(7-16)19-14/h3-5,11-17H,6-7H2,1-2H3/t11-,12+,13?,14?. The van der Waals surface area contributed by atoms with Gasteiger partial charge in [-0.15, -0.1) is 0 Å². The summed E-state index contributed by atoms with van der Waals surface area (Å²) in [6.07, 6.45) is -3.22. The lowest BCUT2D eigenvalue weighted by molar-refractivity contribution is -0.298. The number of aliphatic hydroxyl groups excluding tert-OH is 3. The highest BCUT2D eigenvalue weighted by atomic mass is 16.7. The van der Waals surface area contributed by atoms with Gasteiger partial charge in [0.2, 0.25) is 0 Å². The summed E-state index contributed by atoms with van der Waals surface area (Å²) in [5.74, 6) is 0. The van der Waals surface area contributed by atoms with Crippen molar-refractivity contribution in [1.29, 1.82) is 0 Å². The molecule has 1 heterocycles. The Kier molecular flexibility index (Phi) is 4.54. The molecule has 5 nitrogen and oxygen atoms in total. The second kappa shape index (κ2) is 5.98. The Bertz CT molecular complexity index is 420. The zero-order valence-electron chi connectivity index (χ0n) is 11.1. The van der Waals surface area contributed by atoms with E-state index in [4.69, 9.17) is 9.47 Å². The van der Waals surface area contributed by atoms with Crippen LogP contribution in [-0.4, -0.2) is 46.8 Å². The average molecular weight is 268 g/mol. The lowest BCUT2D eigenvalue weighted by Crippen LogP contribution is -2.50. The van der Waals surface area contributed by atoms with E-state index >= 15 is 0 Å². The Hall–Kier alpha value is -0.980. The molecule has 4 atom stereocenters. The number of hydrogen-bond acceptors (Lipinski definition) is 5. The molecule has 1 aromatic carbocycles. The molecule has 5 heteroatoms. The topological polar surface area (TPSA) is 79.2 Å². The van der Waals surface area contributed by atoms with Crippen LogP contribution >= 0.6 is 0 Å². The number of aryl methyl sites for hydroxylation is 2. The van der Waals surface area contributed by atoms with Gasteiger partial charge in [0.05, 0.1) is 13.2 Å². The number of ether oxygens (including phenoxy) is 2. The van der Waals surface area contributed by atoms with E-state index in [1.165, 1.54) is 0 Å². The van der Waals surface area contributed by atoms with Crippen LogP contribution in [0.4, 0.5) is 0 Å². The molecule has 0 saturated carbocycles. The number of rotatable bonds is 3. The molecular formula is C14H20O5. The summed E-state index contributed by atoms with van der Waals surface area (Å²) in [6, 6.07) is 5.79. The van der Waals surface area contributed by atoms with E-state index in [1.54, 1.807) is 0 Å². The van der Waals surface area contributed by atoms with Crippen LogP contribution in [0.15, 0.2) is 18.2 Å². The maximum absolute atomic E-state index is 9.82. The first-order valence-corrected chi connectivity index (χ1v) is 6.34. The van der Waals surface area contributed by atoms with Crippen LogP contribution in [0.1, 0.15) is 23.0 Å². The van der Waals surface area contributed by atoms with Gasteiger partial charge in [-0.25, -0.2) is 0 Å². The Morgan fingerprint density at radius 3 is 2.05 bits per heavy atom. The summed E-state index contributed by atoms with van der Waals surface area (Å²) >= 11 is 0. The molecular weight excluding hydrogens is 248 g/mol. The van der Waals surface area contributed by atoms with Gasteiger partial charge in [0, 0.05) is 5.56 Å². The smallest absolute Gasteiger partial charge is 0.184 e. The van der Waals surface area contributed by atoms with Gasteiger partial charge in [0.25, 0.3) is 0 Å². The van der Waals surface area contributed by atoms with Gasteiger partial charge >= 0.3 is 0 Å². The van der Waals surface area contributed by atoms with Crippen molar-refractivity contribution < 1.29 is 24.8 Å². The van der Waals surface area contributed by atoms with E-state index in [0.29, 0.717) is 0 Å². The summed E-state index contributed by atoms with van der Waals surface area (Å²) in [6.45, 7) is 3.37. The largest absolute Gasteiger partial charge is 0.394 e. The van der Waals surface area contributed by atoms with Crippen LogP contribution in [0.3, 0.4) is 0 Å². The van der Waals surface area contributed by atoms with Crippen LogP contribution in [0.2, 0.25) is 0 Å². The van der Waals surface area contributed by atoms with Gasteiger partial charge in [-0.05, 0) is 25.0 Å². The molecule has 1 aliphatic rings. The molecule has 0 amide bonds. The Morgan fingerprint density at radius 2 is 1.58 bits per heavy atom. The van der Waals surface area contributed by atoms with Crippen LogP contribution in [0.25, 0.3) is 0 Å². The number of aliphatic hydroxyl groups is 3. The summed E-state index contributed by atoms with van der Waals surface area (Å²) in [7, 11) is 0. The summed E-state index contributed by atoms with van der Waals surface area (Å²) in [5.41, 5.74) is 3.08. The van der Waals surface area contributed by atoms with Gasteiger partial charge in [-0.1, -0.05) is 18.2 Å². The third-order valence-electron chi connectivity index (χ3n) is 3.52. The third kappa shape index (κ3) is 2.96. The molecule has 0 aromatic heterocycles. The molecule has 1 fully saturated rings. The second-order valence-electron chi connectivity index (χ2n) is 4.88. The van der Waals surface area contributed by atoms with Crippen molar-refractivity contribution in [1.82, 2.24) is 0 Å². The molecule has 0 radical (unpaired) electrons. The van der Waals surface area contributed by atoms with Crippen molar-refractivity contribution in [3.63, 3.8) is 0 Å². The Morgan fingerprint density at radius 1 is 1.00 bits per heavy atom. The Balaban J connectivity index is 2.21. The van der Waals surface area contributed by atoms with Crippen LogP contribution in [-0.2, 0) is 9.47 Å². The number of benzene rings is 1. The minimum absolute atomic E-state index is 0.317. The molecule has 3 N–H and O–H groups in total.